The number of hydrogen-bond acceptors (Lipinski definition) is 4. The summed E-state index contributed by atoms with van der Waals surface area (Å²) in [6.07, 6.45) is 4.78. The SMILES string of the molecule is CC(C)CC(=N)C1C(=O)NSC1NC1=CC(C)C(C)C=C1Cl. The van der Waals surface area contributed by atoms with Crippen LogP contribution in [0.5, 0.6) is 0 Å². The quantitative estimate of drug-likeness (QED) is 0.528. The van der Waals surface area contributed by atoms with Crippen molar-refractivity contribution in [2.45, 2.75) is 39.5 Å². The summed E-state index contributed by atoms with van der Waals surface area (Å²) in [5.41, 5.74) is 1.34. The number of allylic oxidation sites excluding steroid dienone is 3. The average Bonchev–Trinajstić information content (AvgIpc) is 2.76. The highest BCUT2D eigenvalue weighted by Gasteiger charge is 2.39. The molecule has 3 N–H and O–H groups in total. The van der Waals surface area contributed by atoms with Crippen molar-refractivity contribution < 1.29 is 4.79 Å². The molecule has 0 radical (unpaired) electrons. The van der Waals surface area contributed by atoms with E-state index in [4.69, 9.17) is 17.0 Å². The summed E-state index contributed by atoms with van der Waals surface area (Å²) in [5.74, 6) is 0.640. The zero-order valence-corrected chi connectivity index (χ0v) is 15.0. The Hall–Kier alpha value is -0.940. The number of nitrogens with one attached hydrogen (secondary N) is 3. The van der Waals surface area contributed by atoms with Crippen molar-refractivity contribution in [2.24, 2.45) is 23.7 Å². The Morgan fingerprint density at radius 2 is 2.05 bits per heavy atom. The molecule has 2 aliphatic rings. The summed E-state index contributed by atoms with van der Waals surface area (Å²) in [6, 6.07) is 0. The normalized spacial score (nSPS) is 31.6. The first-order valence-corrected chi connectivity index (χ1v) is 8.94. The summed E-state index contributed by atoms with van der Waals surface area (Å²) < 4.78 is 2.78. The lowest BCUT2D eigenvalue weighted by atomic mass is 9.90. The Labute approximate surface area is 141 Å². The lowest BCUT2D eigenvalue weighted by Gasteiger charge is -2.26. The molecule has 2 rings (SSSR count). The maximum Gasteiger partial charge on any atom is 0.241 e. The molecule has 22 heavy (non-hydrogen) atoms. The van der Waals surface area contributed by atoms with E-state index in [1.165, 1.54) is 11.9 Å². The van der Waals surface area contributed by atoms with Gasteiger partial charge in [0.05, 0.1) is 5.03 Å². The largest absolute Gasteiger partial charge is 0.370 e. The topological polar surface area (TPSA) is 65.0 Å². The highest BCUT2D eigenvalue weighted by molar-refractivity contribution is 7.99. The Balaban J connectivity index is 2.11. The molecule has 1 aliphatic carbocycles. The maximum atomic E-state index is 12.1. The second kappa shape index (κ2) is 7.09. The Bertz CT molecular complexity index is 529. The molecule has 4 unspecified atom stereocenters. The average molecular weight is 342 g/mol. The summed E-state index contributed by atoms with van der Waals surface area (Å²) >= 11 is 7.66. The van der Waals surface area contributed by atoms with Crippen LogP contribution in [0.25, 0.3) is 0 Å². The van der Waals surface area contributed by atoms with Gasteiger partial charge in [0.2, 0.25) is 5.91 Å². The lowest BCUT2D eigenvalue weighted by Crippen LogP contribution is -2.38. The van der Waals surface area contributed by atoms with Gasteiger partial charge < -0.3 is 10.7 Å². The molecule has 1 amide bonds. The monoisotopic (exact) mass is 341 g/mol. The molecule has 1 aliphatic heterocycles. The number of hydrogen-bond donors (Lipinski definition) is 3. The van der Waals surface area contributed by atoms with Crippen LogP contribution < -0.4 is 10.0 Å². The zero-order chi connectivity index (χ0) is 16.4. The number of halogens is 1. The van der Waals surface area contributed by atoms with E-state index in [9.17, 15) is 4.79 Å². The molecule has 4 atom stereocenters. The minimum atomic E-state index is -0.438. The predicted octanol–water partition coefficient (Wildman–Crippen LogP) is 3.65. The van der Waals surface area contributed by atoms with Crippen LogP contribution in [0.2, 0.25) is 0 Å². The van der Waals surface area contributed by atoms with Gasteiger partial charge >= 0.3 is 0 Å². The first-order chi connectivity index (χ1) is 10.3. The van der Waals surface area contributed by atoms with Crippen LogP contribution in [-0.4, -0.2) is 17.0 Å². The second-order valence-corrected chi connectivity index (χ2v) is 7.92. The first kappa shape index (κ1) is 17.4. The Morgan fingerprint density at radius 1 is 1.41 bits per heavy atom. The van der Waals surface area contributed by atoms with Crippen LogP contribution in [-0.2, 0) is 4.79 Å². The molecule has 0 spiro atoms. The van der Waals surface area contributed by atoms with Gasteiger partial charge in [-0.3, -0.25) is 9.52 Å². The van der Waals surface area contributed by atoms with E-state index in [-0.39, 0.29) is 11.3 Å². The van der Waals surface area contributed by atoms with Crippen molar-refractivity contribution in [3.63, 3.8) is 0 Å². The van der Waals surface area contributed by atoms with E-state index in [0.29, 0.717) is 34.9 Å². The van der Waals surface area contributed by atoms with Crippen LogP contribution in [0.4, 0.5) is 0 Å². The highest BCUT2D eigenvalue weighted by atomic mass is 35.5. The Morgan fingerprint density at radius 3 is 2.68 bits per heavy atom. The molecule has 0 aromatic heterocycles. The van der Waals surface area contributed by atoms with Crippen molar-refractivity contribution in [3.05, 3.63) is 22.9 Å². The molecular weight excluding hydrogens is 318 g/mol. The van der Waals surface area contributed by atoms with Crippen LogP contribution in [0.15, 0.2) is 22.9 Å². The minimum Gasteiger partial charge on any atom is -0.370 e. The van der Waals surface area contributed by atoms with Gasteiger partial charge in [0, 0.05) is 11.4 Å². The fourth-order valence-electron chi connectivity index (χ4n) is 2.65. The number of carbonyl (C=O) groups excluding carboxylic acids is 1. The van der Waals surface area contributed by atoms with E-state index in [1.54, 1.807) is 0 Å². The van der Waals surface area contributed by atoms with Crippen molar-refractivity contribution in [1.82, 2.24) is 10.0 Å². The third-order valence-electron chi connectivity index (χ3n) is 4.10. The summed E-state index contributed by atoms with van der Waals surface area (Å²) in [6.45, 7) is 8.40. The first-order valence-electron chi connectivity index (χ1n) is 7.68. The molecule has 1 fully saturated rings. The maximum absolute atomic E-state index is 12.1. The Kier molecular flexibility index (Phi) is 5.61. The lowest BCUT2D eigenvalue weighted by molar-refractivity contribution is -0.120. The molecular formula is C16H24ClN3OS. The molecule has 4 nitrogen and oxygen atoms in total. The van der Waals surface area contributed by atoms with Crippen LogP contribution in [0.1, 0.15) is 34.1 Å². The van der Waals surface area contributed by atoms with E-state index < -0.39 is 5.92 Å². The number of amides is 1. The molecule has 0 saturated carbocycles. The molecule has 1 saturated heterocycles. The van der Waals surface area contributed by atoms with Gasteiger partial charge in [-0.2, -0.15) is 0 Å². The molecule has 0 bridgehead atoms. The van der Waals surface area contributed by atoms with Crippen LogP contribution in [0.3, 0.4) is 0 Å². The summed E-state index contributed by atoms with van der Waals surface area (Å²) in [4.78, 5) is 12.1. The van der Waals surface area contributed by atoms with Crippen molar-refractivity contribution in [2.75, 3.05) is 0 Å². The van der Waals surface area contributed by atoms with Gasteiger partial charge in [-0.15, -0.1) is 0 Å². The van der Waals surface area contributed by atoms with Gasteiger partial charge in [-0.1, -0.05) is 51.4 Å². The smallest absolute Gasteiger partial charge is 0.241 e. The van der Waals surface area contributed by atoms with E-state index in [0.717, 1.165) is 5.70 Å². The van der Waals surface area contributed by atoms with E-state index in [1.807, 2.05) is 6.08 Å². The highest BCUT2D eigenvalue weighted by Crippen LogP contribution is 2.32. The third kappa shape index (κ3) is 3.87. The molecule has 6 heteroatoms. The fraction of sp³-hybridized carbons (Fsp3) is 0.625. The minimum absolute atomic E-state index is 0.0916. The van der Waals surface area contributed by atoms with E-state index in [2.05, 4.69) is 43.8 Å². The van der Waals surface area contributed by atoms with Gasteiger partial charge in [-0.25, -0.2) is 0 Å². The molecule has 0 aromatic rings. The standard InChI is InChI=1S/C16H24ClN3OS/c1-8(2)5-12(18)14-15(21)20-22-16(14)19-13-7-10(4)9(3)6-11(13)17/h6-10,14,16,18-19H,5H2,1-4H3,(H,20,21). The van der Waals surface area contributed by atoms with Crippen LogP contribution >= 0.6 is 23.5 Å². The van der Waals surface area contributed by atoms with Gasteiger partial charge in [0.15, 0.2) is 0 Å². The van der Waals surface area contributed by atoms with Gasteiger partial charge in [-0.05, 0) is 36.1 Å². The fourth-order valence-corrected chi connectivity index (χ4v) is 3.94. The number of rotatable bonds is 5. The second-order valence-electron chi connectivity index (χ2n) is 6.56. The third-order valence-corrected chi connectivity index (χ3v) is 5.39. The number of carbonyl (C=O) groups is 1. The van der Waals surface area contributed by atoms with Crippen molar-refractivity contribution >= 4 is 35.2 Å². The summed E-state index contributed by atoms with van der Waals surface area (Å²) in [7, 11) is 0. The predicted molar refractivity (Wildman–Crippen MR) is 93.7 cm³/mol. The molecule has 0 aromatic carbocycles. The zero-order valence-electron chi connectivity index (χ0n) is 13.4. The van der Waals surface area contributed by atoms with Crippen molar-refractivity contribution in [3.8, 4) is 0 Å². The molecule has 1 heterocycles. The van der Waals surface area contributed by atoms with Crippen molar-refractivity contribution in [1.29, 1.82) is 5.41 Å². The van der Waals surface area contributed by atoms with Gasteiger partial charge in [0.25, 0.3) is 0 Å². The van der Waals surface area contributed by atoms with Crippen LogP contribution in [0, 0.1) is 29.1 Å². The molecule has 122 valence electrons. The summed E-state index contributed by atoms with van der Waals surface area (Å²) in [5, 5.41) is 12.1. The van der Waals surface area contributed by atoms with Gasteiger partial charge in [0.1, 0.15) is 11.3 Å². The van der Waals surface area contributed by atoms with E-state index >= 15 is 0 Å².